The average Bonchev–Trinajstić information content (AvgIpc) is 2.86. The Bertz CT molecular complexity index is 574. The molecule has 1 unspecified atom stereocenters. The average molecular weight is 332 g/mol. The van der Waals surface area contributed by atoms with Gasteiger partial charge in [0, 0.05) is 13.3 Å². The van der Waals surface area contributed by atoms with Crippen LogP contribution in [0.5, 0.6) is 0 Å². The lowest BCUT2D eigenvalue weighted by molar-refractivity contribution is -0.159. The van der Waals surface area contributed by atoms with Gasteiger partial charge in [-0.2, -0.15) is 0 Å². The van der Waals surface area contributed by atoms with Crippen molar-refractivity contribution in [3.63, 3.8) is 0 Å². The molecular weight excluding hydrogens is 304 g/mol. The van der Waals surface area contributed by atoms with E-state index < -0.39 is 18.0 Å². The zero-order valence-corrected chi connectivity index (χ0v) is 14.9. The fraction of sp³-hybridized carbons (Fsp3) is 0.700. The lowest BCUT2D eigenvalue weighted by Gasteiger charge is -2.41. The molecule has 1 saturated heterocycles. The van der Waals surface area contributed by atoms with Gasteiger partial charge in [-0.05, 0) is 60.5 Å². The van der Waals surface area contributed by atoms with Crippen molar-refractivity contribution >= 4 is 11.9 Å². The predicted molar refractivity (Wildman–Crippen MR) is 91.1 cm³/mol. The molecular formula is C20H28O4. The Balaban J connectivity index is 1.70. The summed E-state index contributed by atoms with van der Waals surface area (Å²) in [6.07, 6.45) is 6.37. The number of carbonyl (C=O) groups is 2. The van der Waals surface area contributed by atoms with Gasteiger partial charge in [0.15, 0.2) is 0 Å². The Labute approximate surface area is 144 Å². The topological polar surface area (TPSA) is 52.6 Å². The Morgan fingerprint density at radius 1 is 1.33 bits per heavy atom. The molecule has 3 rings (SSSR count). The number of hydrogen-bond donors (Lipinski definition) is 0. The van der Waals surface area contributed by atoms with E-state index in [4.69, 9.17) is 9.47 Å². The molecule has 0 aromatic rings. The molecule has 1 heterocycles. The molecule has 2 fully saturated rings. The molecule has 0 spiro atoms. The second kappa shape index (κ2) is 6.73. The molecule has 5 atom stereocenters. The SMILES string of the molecule is C=C1C[C@@H]2C[C@H](C(C)C)CC[C@H]2C=C1C1C[C@@H](OC(C)=O)C(=O)O1. The van der Waals surface area contributed by atoms with Crippen molar-refractivity contribution in [2.75, 3.05) is 0 Å². The molecule has 4 heteroatoms. The number of fused-ring (bicyclic) bond motifs is 1. The lowest BCUT2D eigenvalue weighted by Crippen LogP contribution is -2.31. The third kappa shape index (κ3) is 3.42. The summed E-state index contributed by atoms with van der Waals surface area (Å²) in [6, 6.07) is 0. The van der Waals surface area contributed by atoms with Crippen LogP contribution in [0.15, 0.2) is 23.8 Å². The van der Waals surface area contributed by atoms with Crippen molar-refractivity contribution in [2.24, 2.45) is 23.7 Å². The Kier molecular flexibility index (Phi) is 4.84. The van der Waals surface area contributed by atoms with Crippen LogP contribution in [0, 0.1) is 23.7 Å². The van der Waals surface area contributed by atoms with Crippen LogP contribution >= 0.6 is 0 Å². The van der Waals surface area contributed by atoms with Gasteiger partial charge in [-0.3, -0.25) is 4.79 Å². The van der Waals surface area contributed by atoms with Gasteiger partial charge in [-0.25, -0.2) is 4.79 Å². The van der Waals surface area contributed by atoms with E-state index >= 15 is 0 Å². The summed E-state index contributed by atoms with van der Waals surface area (Å²) in [5, 5.41) is 0. The van der Waals surface area contributed by atoms with Gasteiger partial charge in [-0.15, -0.1) is 0 Å². The Morgan fingerprint density at radius 3 is 2.75 bits per heavy atom. The summed E-state index contributed by atoms with van der Waals surface area (Å²) >= 11 is 0. The number of ether oxygens (including phenoxy) is 2. The van der Waals surface area contributed by atoms with E-state index in [1.165, 1.54) is 26.2 Å². The summed E-state index contributed by atoms with van der Waals surface area (Å²) in [5.74, 6) is 1.91. The number of carbonyl (C=O) groups excluding carboxylic acids is 2. The highest BCUT2D eigenvalue weighted by molar-refractivity contribution is 5.81. The number of esters is 2. The highest BCUT2D eigenvalue weighted by atomic mass is 16.6. The molecule has 0 bridgehead atoms. The van der Waals surface area contributed by atoms with Gasteiger partial charge in [0.25, 0.3) is 0 Å². The summed E-state index contributed by atoms with van der Waals surface area (Å²) in [6.45, 7) is 10.2. The van der Waals surface area contributed by atoms with Crippen molar-refractivity contribution in [3.05, 3.63) is 23.8 Å². The van der Waals surface area contributed by atoms with Gasteiger partial charge in [-0.1, -0.05) is 26.5 Å². The van der Waals surface area contributed by atoms with Crippen LogP contribution in [0.2, 0.25) is 0 Å². The Hall–Kier alpha value is -1.58. The number of allylic oxidation sites excluding steroid dienone is 1. The molecule has 0 amide bonds. The van der Waals surface area contributed by atoms with Crippen molar-refractivity contribution in [1.82, 2.24) is 0 Å². The van der Waals surface area contributed by atoms with Crippen LogP contribution in [-0.4, -0.2) is 24.1 Å². The highest BCUT2D eigenvalue weighted by Gasteiger charge is 2.42. The van der Waals surface area contributed by atoms with E-state index in [0.29, 0.717) is 18.3 Å². The molecule has 4 nitrogen and oxygen atoms in total. The van der Waals surface area contributed by atoms with Crippen molar-refractivity contribution in [1.29, 1.82) is 0 Å². The molecule has 0 aromatic heterocycles. The van der Waals surface area contributed by atoms with E-state index in [-0.39, 0.29) is 6.10 Å². The normalized spacial score (nSPS) is 36.2. The Morgan fingerprint density at radius 2 is 2.08 bits per heavy atom. The summed E-state index contributed by atoms with van der Waals surface area (Å²) < 4.78 is 10.5. The van der Waals surface area contributed by atoms with Crippen LogP contribution in [0.3, 0.4) is 0 Å². The van der Waals surface area contributed by atoms with E-state index in [1.54, 1.807) is 0 Å². The first-order valence-electron chi connectivity index (χ1n) is 9.12. The van der Waals surface area contributed by atoms with Gasteiger partial charge >= 0.3 is 11.9 Å². The van der Waals surface area contributed by atoms with Crippen LogP contribution in [0.1, 0.15) is 52.9 Å². The van der Waals surface area contributed by atoms with Crippen molar-refractivity contribution in [2.45, 2.75) is 65.1 Å². The fourth-order valence-electron chi connectivity index (χ4n) is 4.54. The smallest absolute Gasteiger partial charge is 0.348 e. The first-order chi connectivity index (χ1) is 11.3. The van der Waals surface area contributed by atoms with Crippen LogP contribution in [0.25, 0.3) is 0 Å². The molecule has 132 valence electrons. The van der Waals surface area contributed by atoms with E-state index in [0.717, 1.165) is 29.4 Å². The molecule has 2 aliphatic carbocycles. The number of cyclic esters (lactones) is 1. The number of hydrogen-bond acceptors (Lipinski definition) is 4. The maximum absolute atomic E-state index is 11.9. The van der Waals surface area contributed by atoms with Gasteiger partial charge in [0.05, 0.1) is 0 Å². The maximum Gasteiger partial charge on any atom is 0.348 e. The summed E-state index contributed by atoms with van der Waals surface area (Å²) in [5.41, 5.74) is 2.14. The largest absolute Gasteiger partial charge is 0.455 e. The molecule has 1 saturated carbocycles. The van der Waals surface area contributed by atoms with Crippen molar-refractivity contribution < 1.29 is 19.1 Å². The van der Waals surface area contributed by atoms with Crippen LogP contribution in [-0.2, 0) is 19.1 Å². The molecule has 1 aliphatic heterocycles. The molecule has 0 N–H and O–H groups in total. The monoisotopic (exact) mass is 332 g/mol. The maximum atomic E-state index is 11.9. The molecule has 3 aliphatic rings. The van der Waals surface area contributed by atoms with E-state index in [1.807, 2.05) is 0 Å². The van der Waals surface area contributed by atoms with Crippen molar-refractivity contribution in [3.8, 4) is 0 Å². The second-order valence-corrected chi connectivity index (χ2v) is 7.93. The number of rotatable bonds is 3. The third-order valence-corrected chi connectivity index (χ3v) is 5.94. The second-order valence-electron chi connectivity index (χ2n) is 7.93. The minimum atomic E-state index is -0.768. The fourth-order valence-corrected chi connectivity index (χ4v) is 4.54. The summed E-state index contributed by atoms with van der Waals surface area (Å²) in [4.78, 5) is 23.0. The van der Waals surface area contributed by atoms with E-state index in [2.05, 4.69) is 26.5 Å². The van der Waals surface area contributed by atoms with Crippen LogP contribution in [0.4, 0.5) is 0 Å². The van der Waals surface area contributed by atoms with E-state index in [9.17, 15) is 9.59 Å². The quantitative estimate of drug-likeness (QED) is 0.738. The zero-order valence-electron chi connectivity index (χ0n) is 14.9. The molecule has 0 radical (unpaired) electrons. The first kappa shape index (κ1) is 17.2. The molecule has 24 heavy (non-hydrogen) atoms. The minimum Gasteiger partial charge on any atom is -0.455 e. The third-order valence-electron chi connectivity index (χ3n) is 5.94. The molecule has 0 aromatic carbocycles. The van der Waals surface area contributed by atoms with Gasteiger partial charge in [0.1, 0.15) is 6.10 Å². The highest BCUT2D eigenvalue weighted by Crippen LogP contribution is 2.46. The van der Waals surface area contributed by atoms with Gasteiger partial charge in [0.2, 0.25) is 6.10 Å². The summed E-state index contributed by atoms with van der Waals surface area (Å²) in [7, 11) is 0. The predicted octanol–water partition coefficient (Wildman–Crippen LogP) is 3.81. The zero-order chi connectivity index (χ0) is 17.4. The first-order valence-corrected chi connectivity index (χ1v) is 9.12. The standard InChI is InChI=1S/C20H28O4/c1-11(2)14-5-6-15-9-17(12(3)7-16(15)8-14)18-10-19(20(22)24-18)23-13(4)21/h9,11,14-16,18-19H,3,5-8,10H2,1-2,4H3/t14-,15+,16-,18?,19-/m1/s1. The van der Waals surface area contributed by atoms with Crippen LogP contribution < -0.4 is 0 Å². The lowest BCUT2D eigenvalue weighted by atomic mass is 9.65. The van der Waals surface area contributed by atoms with Gasteiger partial charge < -0.3 is 9.47 Å². The minimum absolute atomic E-state index is 0.307.